The fourth-order valence-corrected chi connectivity index (χ4v) is 5.42. The Balaban J connectivity index is 1.99. The van der Waals surface area contributed by atoms with E-state index in [0.29, 0.717) is 19.3 Å². The Morgan fingerprint density at radius 1 is 1.14 bits per heavy atom. The van der Waals surface area contributed by atoms with E-state index in [1.54, 1.807) is 25.1 Å². The van der Waals surface area contributed by atoms with Gasteiger partial charge in [-0.15, -0.1) is 0 Å². The molecule has 1 N–H and O–H groups in total. The number of carbonyl (C=O) groups is 1. The number of benzene rings is 2. The first-order valence-corrected chi connectivity index (χ1v) is 11.2. The minimum atomic E-state index is -3.92. The second-order valence-corrected chi connectivity index (χ2v) is 9.08. The zero-order valence-corrected chi connectivity index (χ0v) is 16.9. The fourth-order valence-electron chi connectivity index (χ4n) is 3.78. The molecule has 1 saturated carbocycles. The molecule has 3 rings (SSSR count). The van der Waals surface area contributed by atoms with Gasteiger partial charge >= 0.3 is 5.97 Å². The van der Waals surface area contributed by atoms with Gasteiger partial charge in [-0.05, 0) is 49.1 Å². The van der Waals surface area contributed by atoms with E-state index in [1.807, 2.05) is 24.3 Å². The van der Waals surface area contributed by atoms with Crippen LogP contribution in [0.2, 0.25) is 0 Å². The number of hydrogen-bond donors (Lipinski definition) is 1. The van der Waals surface area contributed by atoms with Crippen LogP contribution in [-0.4, -0.2) is 49.1 Å². The number of rotatable bonds is 6. The van der Waals surface area contributed by atoms with E-state index in [2.05, 4.69) is 0 Å². The Hall–Kier alpha value is -1.96. The molecule has 0 aromatic heterocycles. The Kier molecular flexibility index (Phi) is 6.69. The summed E-state index contributed by atoms with van der Waals surface area (Å²) >= 11 is 0. The van der Waals surface area contributed by atoms with Crippen molar-refractivity contribution in [3.63, 3.8) is 0 Å². The van der Waals surface area contributed by atoms with Crippen LogP contribution in [0.3, 0.4) is 0 Å². The molecular formula is C21H27NO5S. The van der Waals surface area contributed by atoms with Crippen molar-refractivity contribution in [1.29, 1.82) is 0 Å². The highest BCUT2D eigenvalue weighted by Gasteiger charge is 2.35. The van der Waals surface area contributed by atoms with Crippen LogP contribution in [-0.2, 0) is 19.6 Å². The molecular weight excluding hydrogens is 378 g/mol. The summed E-state index contributed by atoms with van der Waals surface area (Å²) in [5.74, 6) is -0.578. The first-order chi connectivity index (χ1) is 13.4. The summed E-state index contributed by atoms with van der Waals surface area (Å²) in [5, 5.41) is 12.0. The number of ether oxygens (including phenoxy) is 1. The first kappa shape index (κ1) is 20.8. The van der Waals surface area contributed by atoms with Crippen molar-refractivity contribution in [2.24, 2.45) is 0 Å². The van der Waals surface area contributed by atoms with Crippen molar-refractivity contribution < 1.29 is 23.1 Å². The lowest BCUT2D eigenvalue weighted by Gasteiger charge is -2.30. The van der Waals surface area contributed by atoms with Crippen LogP contribution in [0.5, 0.6) is 0 Å². The van der Waals surface area contributed by atoms with Crippen LogP contribution >= 0.6 is 0 Å². The maximum atomic E-state index is 13.5. The molecule has 2 aromatic rings. The molecule has 7 heteroatoms. The summed E-state index contributed by atoms with van der Waals surface area (Å²) in [4.78, 5) is 12.3. The van der Waals surface area contributed by atoms with Gasteiger partial charge in [-0.2, -0.15) is 4.31 Å². The van der Waals surface area contributed by atoms with E-state index in [4.69, 9.17) is 4.74 Å². The summed E-state index contributed by atoms with van der Waals surface area (Å²) < 4.78 is 33.2. The second kappa shape index (κ2) is 9.03. The topological polar surface area (TPSA) is 83.9 Å². The number of carbonyl (C=O) groups excluding carboxylic acids is 1. The third kappa shape index (κ3) is 4.71. The molecule has 28 heavy (non-hydrogen) atoms. The Morgan fingerprint density at radius 3 is 2.61 bits per heavy atom. The van der Waals surface area contributed by atoms with Gasteiger partial charge in [0, 0.05) is 6.04 Å². The summed E-state index contributed by atoms with van der Waals surface area (Å²) in [5.41, 5.74) is 0. The van der Waals surface area contributed by atoms with Gasteiger partial charge in [0.25, 0.3) is 0 Å². The molecule has 1 aliphatic carbocycles. The van der Waals surface area contributed by atoms with E-state index in [1.165, 1.54) is 4.31 Å². The normalized spacial score (nSPS) is 20.8. The van der Waals surface area contributed by atoms with Crippen molar-refractivity contribution in [3.8, 4) is 0 Å². The number of sulfonamides is 1. The van der Waals surface area contributed by atoms with Gasteiger partial charge in [0.15, 0.2) is 0 Å². The largest absolute Gasteiger partial charge is 0.465 e. The van der Waals surface area contributed by atoms with E-state index in [0.717, 1.165) is 23.6 Å². The first-order valence-electron chi connectivity index (χ1n) is 9.76. The fraction of sp³-hybridized carbons (Fsp3) is 0.476. The standard InChI is InChI=1S/C21H27NO5S/c1-2-27-21(24)15-22(18-9-5-6-10-19(23)14-18)28(25,26)20-12-11-16-7-3-4-8-17(16)13-20/h3-4,7-8,11-13,18-19,23H,2,5-6,9-10,14-15H2,1H3/t18-,19?/m1/s1. The van der Waals surface area contributed by atoms with Crippen LogP contribution in [0.25, 0.3) is 10.8 Å². The van der Waals surface area contributed by atoms with Crippen LogP contribution in [0.1, 0.15) is 39.0 Å². The van der Waals surface area contributed by atoms with Gasteiger partial charge in [-0.1, -0.05) is 43.2 Å². The number of esters is 1. The Labute approximate surface area is 166 Å². The third-order valence-corrected chi connectivity index (χ3v) is 7.09. The van der Waals surface area contributed by atoms with Crippen LogP contribution in [0.4, 0.5) is 0 Å². The predicted octanol–water partition coefficient (Wildman–Crippen LogP) is 3.09. The highest BCUT2D eigenvalue weighted by atomic mass is 32.2. The summed E-state index contributed by atoms with van der Waals surface area (Å²) in [6, 6.07) is 12.1. The van der Waals surface area contributed by atoms with Crippen LogP contribution in [0, 0.1) is 0 Å². The molecule has 2 aromatic carbocycles. The Morgan fingerprint density at radius 2 is 1.86 bits per heavy atom. The lowest BCUT2D eigenvalue weighted by Crippen LogP contribution is -2.44. The van der Waals surface area contributed by atoms with Crippen molar-refractivity contribution in [3.05, 3.63) is 42.5 Å². The molecule has 0 saturated heterocycles. The van der Waals surface area contributed by atoms with Gasteiger partial charge in [0.05, 0.1) is 17.6 Å². The zero-order valence-electron chi connectivity index (χ0n) is 16.1. The quantitative estimate of drug-likeness (QED) is 0.590. The molecule has 1 aliphatic rings. The molecule has 1 unspecified atom stereocenters. The molecule has 0 heterocycles. The average molecular weight is 406 g/mol. The predicted molar refractivity (Wildman–Crippen MR) is 107 cm³/mol. The van der Waals surface area contributed by atoms with Gasteiger partial charge < -0.3 is 9.84 Å². The van der Waals surface area contributed by atoms with Gasteiger partial charge in [0.1, 0.15) is 6.54 Å². The second-order valence-electron chi connectivity index (χ2n) is 7.19. The van der Waals surface area contributed by atoms with Crippen molar-refractivity contribution in [2.45, 2.75) is 56.1 Å². The molecule has 152 valence electrons. The van der Waals surface area contributed by atoms with Crippen LogP contribution in [0.15, 0.2) is 47.4 Å². The van der Waals surface area contributed by atoms with Crippen molar-refractivity contribution >= 4 is 26.8 Å². The average Bonchev–Trinajstić information content (AvgIpc) is 2.90. The van der Waals surface area contributed by atoms with E-state index in [-0.39, 0.29) is 18.0 Å². The molecule has 0 aliphatic heterocycles. The smallest absolute Gasteiger partial charge is 0.321 e. The maximum Gasteiger partial charge on any atom is 0.321 e. The van der Waals surface area contributed by atoms with Crippen molar-refractivity contribution in [1.82, 2.24) is 4.31 Å². The van der Waals surface area contributed by atoms with Crippen LogP contribution < -0.4 is 0 Å². The van der Waals surface area contributed by atoms with Gasteiger partial charge in [-0.25, -0.2) is 8.42 Å². The molecule has 0 bridgehead atoms. The summed E-state index contributed by atoms with van der Waals surface area (Å²) in [6.45, 7) is 1.53. The SMILES string of the molecule is CCOC(=O)CN([C@@H]1CCCCC(O)C1)S(=O)(=O)c1ccc2ccccc2c1. The monoisotopic (exact) mass is 405 g/mol. The highest BCUT2D eigenvalue weighted by Crippen LogP contribution is 2.29. The Bertz CT molecular complexity index is 927. The van der Waals surface area contributed by atoms with Gasteiger partial charge in [0.2, 0.25) is 10.0 Å². The van der Waals surface area contributed by atoms with E-state index in [9.17, 15) is 18.3 Å². The molecule has 2 atom stereocenters. The third-order valence-electron chi connectivity index (χ3n) is 5.19. The van der Waals surface area contributed by atoms with E-state index < -0.39 is 28.1 Å². The summed E-state index contributed by atoms with van der Waals surface area (Å²) in [7, 11) is -3.92. The van der Waals surface area contributed by atoms with E-state index >= 15 is 0 Å². The lowest BCUT2D eigenvalue weighted by molar-refractivity contribution is -0.143. The zero-order chi connectivity index (χ0) is 20.1. The summed E-state index contributed by atoms with van der Waals surface area (Å²) in [6.07, 6.45) is 2.69. The molecule has 0 spiro atoms. The molecule has 0 radical (unpaired) electrons. The maximum absolute atomic E-state index is 13.5. The number of hydrogen-bond acceptors (Lipinski definition) is 5. The van der Waals surface area contributed by atoms with Crippen molar-refractivity contribution in [2.75, 3.05) is 13.2 Å². The lowest BCUT2D eigenvalue weighted by atomic mass is 10.1. The number of aliphatic hydroxyl groups is 1. The molecule has 1 fully saturated rings. The molecule has 0 amide bonds. The number of fused-ring (bicyclic) bond motifs is 1. The molecule has 6 nitrogen and oxygen atoms in total. The minimum absolute atomic E-state index is 0.147. The highest BCUT2D eigenvalue weighted by molar-refractivity contribution is 7.89. The van der Waals surface area contributed by atoms with Gasteiger partial charge in [-0.3, -0.25) is 4.79 Å². The number of aliphatic hydroxyl groups excluding tert-OH is 1. The number of nitrogens with zero attached hydrogens (tertiary/aromatic N) is 1. The minimum Gasteiger partial charge on any atom is -0.465 e.